The third-order valence-corrected chi connectivity index (χ3v) is 4.68. The molecule has 0 bridgehead atoms. The van der Waals surface area contributed by atoms with Gasteiger partial charge < -0.3 is 4.90 Å². The molecule has 1 aliphatic heterocycles. The molecule has 0 saturated carbocycles. The van der Waals surface area contributed by atoms with Crippen LogP contribution in [0.15, 0.2) is 30.3 Å². The van der Waals surface area contributed by atoms with Crippen LogP contribution in [0.3, 0.4) is 0 Å². The first-order chi connectivity index (χ1) is 9.81. The molecule has 1 aromatic heterocycles. The van der Waals surface area contributed by atoms with Gasteiger partial charge in [-0.25, -0.2) is 4.98 Å². The van der Waals surface area contributed by atoms with Crippen LogP contribution >= 0.6 is 11.6 Å². The molecule has 0 unspecified atom stereocenters. The molecule has 2 aromatic rings. The molecule has 1 aliphatic rings. The van der Waals surface area contributed by atoms with E-state index in [4.69, 9.17) is 16.6 Å². The Morgan fingerprint density at radius 2 is 2.00 bits per heavy atom. The second-order valence-corrected chi connectivity index (χ2v) is 5.90. The Hall–Kier alpha value is -1.28. The maximum absolute atomic E-state index is 6.00. The molecule has 106 valence electrons. The van der Waals surface area contributed by atoms with Gasteiger partial charge in [0.05, 0.1) is 11.6 Å². The summed E-state index contributed by atoms with van der Waals surface area (Å²) < 4.78 is 0. The maximum atomic E-state index is 6.00. The van der Waals surface area contributed by atoms with Crippen molar-refractivity contribution in [2.45, 2.75) is 32.1 Å². The van der Waals surface area contributed by atoms with E-state index in [9.17, 15) is 0 Å². The summed E-state index contributed by atoms with van der Waals surface area (Å²) in [6.07, 6.45) is 3.85. The standard InChI is InChI=1S/C17H21ClN2/c1-2-13-7-9-20(10-8-13)17-16-6-4-3-5-14(16)11-15(12-18)19-17/h3-6,11,13H,2,7-10,12H2,1H3. The van der Waals surface area contributed by atoms with Gasteiger partial charge in [0.1, 0.15) is 5.82 Å². The van der Waals surface area contributed by atoms with Gasteiger partial charge in [0, 0.05) is 18.5 Å². The fourth-order valence-corrected chi connectivity index (χ4v) is 3.23. The van der Waals surface area contributed by atoms with E-state index in [1.807, 2.05) is 0 Å². The van der Waals surface area contributed by atoms with Crippen molar-refractivity contribution in [3.05, 3.63) is 36.0 Å². The summed E-state index contributed by atoms with van der Waals surface area (Å²) in [6.45, 7) is 4.52. The Balaban J connectivity index is 1.98. The number of aromatic nitrogens is 1. The van der Waals surface area contributed by atoms with E-state index in [1.165, 1.54) is 30.0 Å². The van der Waals surface area contributed by atoms with Crippen LogP contribution in [-0.4, -0.2) is 18.1 Å². The summed E-state index contributed by atoms with van der Waals surface area (Å²) >= 11 is 6.00. The number of hydrogen-bond acceptors (Lipinski definition) is 2. The van der Waals surface area contributed by atoms with Crippen molar-refractivity contribution in [2.75, 3.05) is 18.0 Å². The van der Waals surface area contributed by atoms with Crippen LogP contribution < -0.4 is 4.90 Å². The first-order valence-electron chi connectivity index (χ1n) is 7.51. The molecule has 0 radical (unpaired) electrons. The molecule has 0 amide bonds. The van der Waals surface area contributed by atoms with Crippen LogP contribution in [0.2, 0.25) is 0 Å². The van der Waals surface area contributed by atoms with Crippen LogP contribution in [0.4, 0.5) is 5.82 Å². The fourth-order valence-electron chi connectivity index (χ4n) is 3.10. The monoisotopic (exact) mass is 288 g/mol. The lowest BCUT2D eigenvalue weighted by Crippen LogP contribution is -2.34. The number of piperidine rings is 1. The lowest BCUT2D eigenvalue weighted by Gasteiger charge is -2.33. The van der Waals surface area contributed by atoms with Crippen molar-refractivity contribution < 1.29 is 0 Å². The van der Waals surface area contributed by atoms with E-state index in [0.717, 1.165) is 30.5 Å². The molecule has 0 aliphatic carbocycles. The van der Waals surface area contributed by atoms with Crippen molar-refractivity contribution in [1.82, 2.24) is 4.98 Å². The third kappa shape index (κ3) is 2.62. The minimum absolute atomic E-state index is 0.475. The van der Waals surface area contributed by atoms with Crippen molar-refractivity contribution in [3.8, 4) is 0 Å². The Morgan fingerprint density at radius 3 is 2.70 bits per heavy atom. The fraction of sp³-hybridized carbons (Fsp3) is 0.471. The van der Waals surface area contributed by atoms with Gasteiger partial charge in [-0.2, -0.15) is 0 Å². The van der Waals surface area contributed by atoms with Crippen LogP contribution in [-0.2, 0) is 5.88 Å². The molecular formula is C17H21ClN2. The van der Waals surface area contributed by atoms with Gasteiger partial charge in [0.2, 0.25) is 0 Å². The zero-order valence-electron chi connectivity index (χ0n) is 12.0. The summed E-state index contributed by atoms with van der Waals surface area (Å²) in [5.41, 5.74) is 0.970. The van der Waals surface area contributed by atoms with Crippen molar-refractivity contribution in [2.24, 2.45) is 5.92 Å². The van der Waals surface area contributed by atoms with Crippen molar-refractivity contribution >= 4 is 28.2 Å². The van der Waals surface area contributed by atoms with Gasteiger partial charge in [-0.15, -0.1) is 11.6 Å². The highest BCUT2D eigenvalue weighted by Gasteiger charge is 2.20. The van der Waals surface area contributed by atoms with Crippen molar-refractivity contribution in [1.29, 1.82) is 0 Å². The molecule has 1 aromatic carbocycles. The minimum Gasteiger partial charge on any atom is -0.356 e. The average molecular weight is 289 g/mol. The smallest absolute Gasteiger partial charge is 0.136 e. The quantitative estimate of drug-likeness (QED) is 0.767. The predicted octanol–water partition coefficient (Wildman–Crippen LogP) is 4.60. The Labute approximate surface area is 125 Å². The van der Waals surface area contributed by atoms with Crippen LogP contribution in [0, 0.1) is 5.92 Å². The number of hydrogen-bond donors (Lipinski definition) is 0. The second-order valence-electron chi connectivity index (χ2n) is 5.63. The van der Waals surface area contributed by atoms with Gasteiger partial charge in [0.25, 0.3) is 0 Å². The Bertz CT molecular complexity index is 589. The topological polar surface area (TPSA) is 16.1 Å². The summed E-state index contributed by atoms with van der Waals surface area (Å²) in [6, 6.07) is 10.6. The molecule has 0 atom stereocenters. The maximum Gasteiger partial charge on any atom is 0.136 e. The first-order valence-corrected chi connectivity index (χ1v) is 8.05. The zero-order chi connectivity index (χ0) is 13.9. The van der Waals surface area contributed by atoms with E-state index in [2.05, 4.69) is 42.2 Å². The molecule has 2 heterocycles. The Morgan fingerprint density at radius 1 is 1.25 bits per heavy atom. The highest BCUT2D eigenvalue weighted by molar-refractivity contribution is 6.17. The summed E-state index contributed by atoms with van der Waals surface area (Å²) in [7, 11) is 0. The van der Waals surface area contributed by atoms with Gasteiger partial charge in [-0.3, -0.25) is 0 Å². The minimum atomic E-state index is 0.475. The van der Waals surface area contributed by atoms with Gasteiger partial charge in [-0.05, 0) is 30.2 Å². The number of anilines is 1. The number of rotatable bonds is 3. The number of pyridine rings is 1. The number of fused-ring (bicyclic) bond motifs is 1. The number of alkyl halides is 1. The lowest BCUT2D eigenvalue weighted by molar-refractivity contribution is 0.394. The van der Waals surface area contributed by atoms with E-state index in [1.54, 1.807) is 0 Å². The molecule has 0 N–H and O–H groups in total. The van der Waals surface area contributed by atoms with Gasteiger partial charge in [-0.1, -0.05) is 37.6 Å². The number of nitrogens with zero attached hydrogens (tertiary/aromatic N) is 2. The molecular weight excluding hydrogens is 268 g/mol. The molecule has 20 heavy (non-hydrogen) atoms. The lowest BCUT2D eigenvalue weighted by atomic mass is 9.94. The number of halogens is 1. The highest BCUT2D eigenvalue weighted by atomic mass is 35.5. The van der Waals surface area contributed by atoms with Crippen LogP contribution in [0.5, 0.6) is 0 Å². The van der Waals surface area contributed by atoms with Crippen molar-refractivity contribution in [3.63, 3.8) is 0 Å². The molecule has 1 saturated heterocycles. The van der Waals surface area contributed by atoms with E-state index < -0.39 is 0 Å². The molecule has 3 rings (SSSR count). The summed E-state index contributed by atoms with van der Waals surface area (Å²) in [4.78, 5) is 7.22. The molecule has 3 heteroatoms. The molecule has 2 nitrogen and oxygen atoms in total. The number of benzene rings is 1. The third-order valence-electron chi connectivity index (χ3n) is 4.40. The van der Waals surface area contributed by atoms with E-state index >= 15 is 0 Å². The predicted molar refractivity (Wildman–Crippen MR) is 86.5 cm³/mol. The zero-order valence-corrected chi connectivity index (χ0v) is 12.7. The molecule has 0 spiro atoms. The van der Waals surface area contributed by atoms with Crippen LogP contribution in [0.25, 0.3) is 10.8 Å². The van der Waals surface area contributed by atoms with Gasteiger partial charge >= 0.3 is 0 Å². The normalized spacial score (nSPS) is 16.8. The summed E-state index contributed by atoms with van der Waals surface area (Å²) in [5, 5.41) is 2.49. The SMILES string of the molecule is CCC1CCN(c2nc(CCl)cc3ccccc23)CC1. The largest absolute Gasteiger partial charge is 0.356 e. The van der Waals surface area contributed by atoms with E-state index in [0.29, 0.717) is 5.88 Å². The molecule has 1 fully saturated rings. The first kappa shape index (κ1) is 13.7. The summed E-state index contributed by atoms with van der Waals surface area (Å²) in [5.74, 6) is 2.48. The van der Waals surface area contributed by atoms with Crippen LogP contribution in [0.1, 0.15) is 31.9 Å². The Kier molecular flexibility index (Phi) is 4.11. The van der Waals surface area contributed by atoms with E-state index in [-0.39, 0.29) is 0 Å². The highest BCUT2D eigenvalue weighted by Crippen LogP contribution is 2.30. The second kappa shape index (κ2) is 6.01. The van der Waals surface area contributed by atoms with Gasteiger partial charge in [0.15, 0.2) is 0 Å². The average Bonchev–Trinajstić information content (AvgIpc) is 2.54.